The van der Waals surface area contributed by atoms with Crippen molar-refractivity contribution in [3.63, 3.8) is 0 Å². The summed E-state index contributed by atoms with van der Waals surface area (Å²) in [5, 5.41) is 0. The molecule has 0 unspecified atom stereocenters. The molecule has 0 spiro atoms. The van der Waals surface area contributed by atoms with Crippen LogP contribution in [0.1, 0.15) is 0 Å². The predicted octanol–water partition coefficient (Wildman–Crippen LogP) is -2.62. The van der Waals surface area contributed by atoms with Crippen molar-refractivity contribution < 1.29 is 48.6 Å². The molecule has 34 valence electrons. The Hall–Kier alpha value is 0.689. The van der Waals surface area contributed by atoms with E-state index in [-0.39, 0.29) is 0 Å². The first-order valence-corrected chi connectivity index (χ1v) is 3.01. The maximum atomic E-state index is 8.56. The van der Waals surface area contributed by atoms with E-state index in [0.717, 1.165) is 17.4 Å². The molecule has 0 fully saturated rings. The van der Waals surface area contributed by atoms with Gasteiger partial charge in [0.25, 0.3) is 0 Å². The van der Waals surface area contributed by atoms with Crippen LogP contribution in [0.15, 0.2) is 0 Å². The molecule has 0 N–H and O–H groups in total. The first kappa shape index (κ1) is 9.85. The molecule has 0 aromatic rings. The van der Waals surface area contributed by atoms with Crippen LogP contribution in [-0.2, 0) is 40.5 Å². The van der Waals surface area contributed by atoms with Crippen molar-refractivity contribution in [1.29, 1.82) is 0 Å². The fourth-order valence-electron chi connectivity index (χ4n) is 0. The van der Waals surface area contributed by atoms with E-state index in [0.29, 0.717) is 0 Å². The van der Waals surface area contributed by atoms with E-state index in [1.165, 1.54) is 0 Å². The molecule has 0 rings (SSSR count). The Morgan fingerprint density at radius 1 is 1.33 bits per heavy atom. The number of hydrogen-bond donors (Lipinski definition) is 0. The quantitative estimate of drug-likeness (QED) is 0.394. The third kappa shape index (κ3) is 134. The molecule has 0 saturated heterocycles. The zero-order chi connectivity index (χ0) is 5.58. The molecule has 0 bridgehead atoms. The van der Waals surface area contributed by atoms with Crippen LogP contribution < -0.4 is 8.06 Å². The molecule has 0 saturated carbocycles. The molecule has 4 nitrogen and oxygen atoms in total. The van der Waals surface area contributed by atoms with Gasteiger partial charge in [-0.25, -0.2) is 0 Å². The van der Waals surface area contributed by atoms with Crippen LogP contribution in [0.5, 0.6) is 0 Å². The maximum absolute atomic E-state index is 8.56. The van der Waals surface area contributed by atoms with Gasteiger partial charge in [0.15, 0.2) is 0 Å². The third-order valence-electron chi connectivity index (χ3n) is 0. The molecule has 0 aromatic heterocycles. The normalized spacial score (nSPS) is 5.33. The fourth-order valence-corrected chi connectivity index (χ4v) is 0. The van der Waals surface area contributed by atoms with Crippen molar-refractivity contribution in [2.75, 3.05) is 0 Å². The van der Waals surface area contributed by atoms with E-state index < -0.39 is 15.8 Å². The molecule has 0 aliphatic rings. The van der Waals surface area contributed by atoms with E-state index in [1.54, 1.807) is 0 Å². The summed E-state index contributed by atoms with van der Waals surface area (Å²) < 4.78 is 33.9. The Bertz CT molecular complexity index is 36.8. The zero-order valence-corrected chi connectivity index (χ0v) is 5.32. The van der Waals surface area contributed by atoms with Crippen LogP contribution in [0, 0.1) is 0 Å². The molecule has 0 aliphatic carbocycles. The minimum atomic E-state index is -3.94. The van der Waals surface area contributed by atoms with Gasteiger partial charge >= 0.3 is 48.6 Å². The predicted molar refractivity (Wildman–Crippen MR) is 1.37 cm³/mol. The van der Waals surface area contributed by atoms with E-state index in [9.17, 15) is 0 Å². The molecule has 0 amide bonds. The van der Waals surface area contributed by atoms with Gasteiger partial charge in [0, 0.05) is 0 Å². The second-order valence-corrected chi connectivity index (χ2v) is 0.922. The average Bonchev–Trinajstić information content (AvgIpc) is 1.41. The van der Waals surface area contributed by atoms with Gasteiger partial charge in [0.05, 0.1) is 0 Å². The summed E-state index contributed by atoms with van der Waals surface area (Å²) in [7, 11) is 0. The first-order chi connectivity index (χ1) is 2.73. The molecule has 0 aliphatic heterocycles. The Morgan fingerprint density at radius 2 is 1.33 bits per heavy atom. The Labute approximate surface area is 48.9 Å². The van der Waals surface area contributed by atoms with Crippen molar-refractivity contribution in [2.45, 2.75) is 0 Å². The van der Waals surface area contributed by atoms with Crippen molar-refractivity contribution in [1.82, 2.24) is 0 Å². The van der Waals surface area contributed by atoms with Gasteiger partial charge in [0.2, 0.25) is 0 Å². The summed E-state index contributed by atoms with van der Waals surface area (Å²) in [6.45, 7) is 0. The monoisotopic (exact) mass is 166 g/mol. The number of hydrogen-bond acceptors (Lipinski definition) is 4. The molecular weight excluding hydrogens is 166 g/mol. The van der Waals surface area contributed by atoms with Crippen LogP contribution >= 0.6 is 0 Å². The van der Waals surface area contributed by atoms with Gasteiger partial charge in [-0.2, -0.15) is 0 Å². The van der Waals surface area contributed by atoms with Gasteiger partial charge < -0.3 is 0 Å². The van der Waals surface area contributed by atoms with Gasteiger partial charge in [0.1, 0.15) is 0 Å². The van der Waals surface area contributed by atoms with E-state index in [4.69, 9.17) is 15.4 Å². The van der Waals surface area contributed by atoms with Gasteiger partial charge in [-0.1, -0.05) is 0 Å². The summed E-state index contributed by atoms with van der Waals surface area (Å²) in [5.74, 6) is 0. The van der Waals surface area contributed by atoms with E-state index >= 15 is 0 Å². The van der Waals surface area contributed by atoms with Crippen LogP contribution in [0.4, 0.5) is 0 Å². The molecule has 0 atom stereocenters. The fraction of sp³-hybridized carbons (Fsp3) is 0. The molecule has 0 heterocycles. The van der Waals surface area contributed by atoms with E-state index in [2.05, 4.69) is 0 Å². The summed E-state index contributed by atoms with van der Waals surface area (Å²) in [5.41, 5.74) is 0. The Kier molecular flexibility index (Phi) is 15.1. The van der Waals surface area contributed by atoms with Crippen LogP contribution in [0.25, 0.3) is 0 Å². The second-order valence-electron chi connectivity index (χ2n) is 0.224. The van der Waals surface area contributed by atoms with Gasteiger partial charge in [-0.15, -0.1) is 0 Å². The molecule has 0 aromatic carbocycles. The summed E-state index contributed by atoms with van der Waals surface area (Å²) in [6.07, 6.45) is 0. The van der Waals surface area contributed by atoms with Gasteiger partial charge in [-0.3, -0.25) is 0 Å². The van der Waals surface area contributed by atoms with Crippen molar-refractivity contribution in [2.24, 2.45) is 0 Å². The SMILES string of the molecule is [O]=[V+2].[O]=[V]([O-])[O-]. The van der Waals surface area contributed by atoms with Crippen LogP contribution in [0.3, 0.4) is 0 Å². The average molecular weight is 166 g/mol. The summed E-state index contributed by atoms with van der Waals surface area (Å²) in [6, 6.07) is 0. The Morgan fingerprint density at radius 3 is 1.33 bits per heavy atom. The second kappa shape index (κ2) is 9.19. The minimum absolute atomic E-state index is 1.06. The molecule has 6 heavy (non-hydrogen) atoms. The zero-order valence-electron chi connectivity index (χ0n) is 2.53. The number of rotatable bonds is 0. The van der Waals surface area contributed by atoms with Gasteiger partial charge in [-0.05, 0) is 0 Å². The van der Waals surface area contributed by atoms with Crippen LogP contribution in [-0.4, -0.2) is 0 Å². The van der Waals surface area contributed by atoms with Crippen molar-refractivity contribution >= 4 is 0 Å². The molecule has 6 heteroatoms. The van der Waals surface area contributed by atoms with Crippen molar-refractivity contribution in [3.8, 4) is 0 Å². The van der Waals surface area contributed by atoms with E-state index in [1.807, 2.05) is 0 Å². The summed E-state index contributed by atoms with van der Waals surface area (Å²) in [4.78, 5) is 0. The summed E-state index contributed by atoms with van der Waals surface area (Å²) >= 11 is -2.88. The Balaban J connectivity index is 0. The standard InChI is InChI=1S/4O.2V/q;;2*-1;;+2. The third-order valence-corrected chi connectivity index (χ3v) is 0. The molecule has 0 radical (unpaired) electrons. The first-order valence-electron chi connectivity index (χ1n) is 0.730. The topological polar surface area (TPSA) is 80.3 Å². The molecular formula is O4V2. The van der Waals surface area contributed by atoms with Crippen molar-refractivity contribution in [3.05, 3.63) is 0 Å². The van der Waals surface area contributed by atoms with Crippen LogP contribution in [0.2, 0.25) is 0 Å².